The van der Waals surface area contributed by atoms with Crippen LogP contribution in [-0.4, -0.2) is 41.2 Å². The van der Waals surface area contributed by atoms with Crippen LogP contribution in [0.4, 0.5) is 19.3 Å². The van der Waals surface area contributed by atoms with Crippen molar-refractivity contribution < 1.29 is 28.2 Å². The Morgan fingerprint density at radius 2 is 2.10 bits per heavy atom. The number of aliphatic carboxylic acids is 1. The molecule has 0 bridgehead atoms. The van der Waals surface area contributed by atoms with Crippen molar-refractivity contribution in [1.29, 1.82) is 0 Å². The molecule has 0 radical (unpaired) electrons. The molecule has 1 aromatic carbocycles. The topological polar surface area (TPSA) is 78.9 Å². The van der Waals surface area contributed by atoms with Gasteiger partial charge in [-0.25, -0.2) is 9.59 Å². The standard InChI is InChI=1S/C13H14F2N2O4/c14-12(15)21-10-6-2-1-4-8(10)16-13(20)17-7-3-5-9(17)11(18)19/h1-2,4,6,9,12H,3,5,7H2,(H,16,20)(H,18,19)/t9-/m1/s1. The number of carboxylic acids is 1. The highest BCUT2D eigenvalue weighted by molar-refractivity contribution is 5.93. The number of anilines is 1. The minimum Gasteiger partial charge on any atom is -0.480 e. The minimum absolute atomic E-state index is 0.0684. The van der Waals surface area contributed by atoms with Crippen LogP contribution < -0.4 is 10.1 Å². The predicted molar refractivity (Wildman–Crippen MR) is 69.5 cm³/mol. The summed E-state index contributed by atoms with van der Waals surface area (Å²) in [7, 11) is 0. The monoisotopic (exact) mass is 300 g/mol. The first-order chi connectivity index (χ1) is 9.99. The molecule has 2 amide bonds. The molecular formula is C13H14F2N2O4. The summed E-state index contributed by atoms with van der Waals surface area (Å²) >= 11 is 0. The van der Waals surface area contributed by atoms with Crippen molar-refractivity contribution in [2.24, 2.45) is 0 Å². The third-order valence-electron chi connectivity index (χ3n) is 3.14. The van der Waals surface area contributed by atoms with Crippen molar-refractivity contribution in [3.05, 3.63) is 24.3 Å². The normalized spacial score (nSPS) is 17.9. The number of amides is 2. The van der Waals surface area contributed by atoms with Crippen LogP contribution >= 0.6 is 0 Å². The fourth-order valence-electron chi connectivity index (χ4n) is 2.22. The first-order valence-corrected chi connectivity index (χ1v) is 6.33. The Morgan fingerprint density at radius 1 is 1.38 bits per heavy atom. The van der Waals surface area contributed by atoms with E-state index in [1.54, 1.807) is 6.07 Å². The summed E-state index contributed by atoms with van der Waals surface area (Å²) < 4.78 is 28.9. The largest absolute Gasteiger partial charge is 0.480 e. The molecule has 8 heteroatoms. The molecule has 0 saturated carbocycles. The van der Waals surface area contributed by atoms with E-state index in [0.29, 0.717) is 19.4 Å². The Hall–Kier alpha value is -2.38. The number of likely N-dealkylation sites (tertiary alicyclic amines) is 1. The molecule has 0 aliphatic carbocycles. The van der Waals surface area contributed by atoms with Crippen molar-refractivity contribution in [2.75, 3.05) is 11.9 Å². The van der Waals surface area contributed by atoms with Gasteiger partial charge < -0.3 is 20.1 Å². The van der Waals surface area contributed by atoms with Gasteiger partial charge in [-0.1, -0.05) is 12.1 Å². The van der Waals surface area contributed by atoms with Gasteiger partial charge in [-0.15, -0.1) is 0 Å². The zero-order chi connectivity index (χ0) is 15.4. The molecule has 114 valence electrons. The molecule has 2 N–H and O–H groups in total. The molecule has 0 aromatic heterocycles. The van der Waals surface area contributed by atoms with Crippen LogP contribution in [0, 0.1) is 0 Å². The zero-order valence-corrected chi connectivity index (χ0v) is 11.0. The minimum atomic E-state index is -3.01. The van der Waals surface area contributed by atoms with E-state index in [1.165, 1.54) is 23.1 Å². The van der Waals surface area contributed by atoms with E-state index in [-0.39, 0.29) is 11.4 Å². The Balaban J connectivity index is 2.11. The third-order valence-corrected chi connectivity index (χ3v) is 3.14. The molecule has 1 aromatic rings. The second kappa shape index (κ2) is 6.38. The first kappa shape index (κ1) is 15.0. The summed E-state index contributed by atoms with van der Waals surface area (Å²) in [6, 6.07) is 4.19. The summed E-state index contributed by atoms with van der Waals surface area (Å²) in [5.41, 5.74) is 0.0684. The van der Waals surface area contributed by atoms with Gasteiger partial charge in [-0.3, -0.25) is 0 Å². The second-order valence-corrected chi connectivity index (χ2v) is 4.49. The summed E-state index contributed by atoms with van der Waals surface area (Å²) in [5.74, 6) is -1.26. The maximum atomic E-state index is 12.3. The highest BCUT2D eigenvalue weighted by atomic mass is 19.3. The lowest BCUT2D eigenvalue weighted by Gasteiger charge is -2.22. The molecule has 1 atom stereocenters. The van der Waals surface area contributed by atoms with Crippen molar-refractivity contribution in [2.45, 2.75) is 25.5 Å². The fourth-order valence-corrected chi connectivity index (χ4v) is 2.22. The van der Waals surface area contributed by atoms with Crippen LogP contribution in [0.15, 0.2) is 24.3 Å². The van der Waals surface area contributed by atoms with Crippen LogP contribution in [-0.2, 0) is 4.79 Å². The number of benzene rings is 1. The Labute approximate surface area is 119 Å². The van der Waals surface area contributed by atoms with Crippen molar-refractivity contribution in [3.63, 3.8) is 0 Å². The SMILES string of the molecule is O=C(O)[C@H]1CCCN1C(=O)Nc1ccccc1OC(F)F. The number of carbonyl (C=O) groups excluding carboxylic acids is 1. The highest BCUT2D eigenvalue weighted by Gasteiger charge is 2.34. The quantitative estimate of drug-likeness (QED) is 0.894. The molecule has 1 aliphatic heterocycles. The summed E-state index contributed by atoms with van der Waals surface area (Å²) in [5, 5.41) is 11.4. The van der Waals surface area contributed by atoms with Gasteiger partial charge in [-0.2, -0.15) is 8.78 Å². The number of ether oxygens (including phenoxy) is 1. The molecular weight excluding hydrogens is 286 g/mol. The van der Waals surface area contributed by atoms with Gasteiger partial charge in [-0.05, 0) is 25.0 Å². The predicted octanol–water partition coefficient (Wildman–Crippen LogP) is 2.37. The second-order valence-electron chi connectivity index (χ2n) is 4.49. The molecule has 1 fully saturated rings. The Bertz CT molecular complexity index is 539. The average Bonchev–Trinajstić information content (AvgIpc) is 2.90. The van der Waals surface area contributed by atoms with Crippen LogP contribution in [0.25, 0.3) is 0 Å². The number of nitrogens with zero attached hydrogens (tertiary/aromatic N) is 1. The summed E-state index contributed by atoms with van der Waals surface area (Å²) in [6.45, 7) is -2.71. The van der Waals surface area contributed by atoms with E-state index >= 15 is 0 Å². The van der Waals surface area contributed by atoms with Crippen molar-refractivity contribution >= 4 is 17.7 Å². The first-order valence-electron chi connectivity index (χ1n) is 6.33. The number of para-hydroxylation sites is 2. The molecule has 21 heavy (non-hydrogen) atoms. The van der Waals surface area contributed by atoms with Gasteiger partial charge in [0, 0.05) is 6.54 Å². The van der Waals surface area contributed by atoms with Gasteiger partial charge in [0.15, 0.2) is 0 Å². The number of rotatable bonds is 4. The van der Waals surface area contributed by atoms with E-state index < -0.39 is 24.7 Å². The fraction of sp³-hybridized carbons (Fsp3) is 0.385. The summed E-state index contributed by atoms with van der Waals surface area (Å²) in [6.07, 6.45) is 0.956. The van der Waals surface area contributed by atoms with E-state index in [2.05, 4.69) is 10.1 Å². The molecule has 0 unspecified atom stereocenters. The number of carboxylic acid groups (broad SMARTS) is 1. The number of nitrogens with one attached hydrogen (secondary N) is 1. The zero-order valence-electron chi connectivity index (χ0n) is 11.0. The van der Waals surface area contributed by atoms with Crippen LogP contribution in [0.2, 0.25) is 0 Å². The molecule has 0 spiro atoms. The summed E-state index contributed by atoms with van der Waals surface area (Å²) in [4.78, 5) is 24.3. The van der Waals surface area contributed by atoms with Gasteiger partial charge in [0.2, 0.25) is 0 Å². The molecule has 1 heterocycles. The van der Waals surface area contributed by atoms with Crippen LogP contribution in [0.5, 0.6) is 5.75 Å². The van der Waals surface area contributed by atoms with Gasteiger partial charge >= 0.3 is 18.6 Å². The number of halogens is 2. The van der Waals surface area contributed by atoms with E-state index in [9.17, 15) is 18.4 Å². The molecule has 1 saturated heterocycles. The molecule has 2 rings (SSSR count). The maximum Gasteiger partial charge on any atom is 0.387 e. The lowest BCUT2D eigenvalue weighted by Crippen LogP contribution is -2.42. The number of hydrogen-bond donors (Lipinski definition) is 2. The Morgan fingerprint density at radius 3 is 2.76 bits per heavy atom. The van der Waals surface area contributed by atoms with E-state index in [4.69, 9.17) is 5.11 Å². The van der Waals surface area contributed by atoms with Crippen LogP contribution in [0.3, 0.4) is 0 Å². The highest BCUT2D eigenvalue weighted by Crippen LogP contribution is 2.27. The third kappa shape index (κ3) is 3.59. The number of carbonyl (C=O) groups is 2. The lowest BCUT2D eigenvalue weighted by molar-refractivity contribution is -0.141. The van der Waals surface area contributed by atoms with Crippen LogP contribution in [0.1, 0.15) is 12.8 Å². The molecule has 1 aliphatic rings. The lowest BCUT2D eigenvalue weighted by atomic mass is 10.2. The van der Waals surface area contributed by atoms with Gasteiger partial charge in [0.05, 0.1) is 5.69 Å². The van der Waals surface area contributed by atoms with Crippen molar-refractivity contribution in [1.82, 2.24) is 4.90 Å². The van der Waals surface area contributed by atoms with Gasteiger partial charge in [0.1, 0.15) is 11.8 Å². The Kier molecular flexibility index (Phi) is 4.56. The number of hydrogen-bond acceptors (Lipinski definition) is 3. The smallest absolute Gasteiger partial charge is 0.387 e. The van der Waals surface area contributed by atoms with Gasteiger partial charge in [0.25, 0.3) is 0 Å². The average molecular weight is 300 g/mol. The number of alkyl halides is 2. The van der Waals surface area contributed by atoms with E-state index in [0.717, 1.165) is 0 Å². The number of urea groups is 1. The molecule has 6 nitrogen and oxygen atoms in total. The van der Waals surface area contributed by atoms with Crippen molar-refractivity contribution in [3.8, 4) is 5.75 Å². The maximum absolute atomic E-state index is 12.3. The van der Waals surface area contributed by atoms with E-state index in [1.807, 2.05) is 0 Å².